The number of amides is 1. The van der Waals surface area contributed by atoms with E-state index < -0.39 is 4.92 Å². The number of carbonyl (C=O) groups is 1. The fraction of sp³-hybridized carbons (Fsp3) is 0.0435. The lowest BCUT2D eigenvalue weighted by Gasteiger charge is -2.11. The molecule has 7 nitrogen and oxygen atoms in total. The number of aromatic nitrogens is 1. The summed E-state index contributed by atoms with van der Waals surface area (Å²) in [7, 11) is 1.60. The Labute approximate surface area is 172 Å². The van der Waals surface area contributed by atoms with Gasteiger partial charge in [0.25, 0.3) is 11.6 Å². The van der Waals surface area contributed by atoms with Crippen LogP contribution in [0.25, 0.3) is 22.2 Å². The molecule has 0 aliphatic rings. The summed E-state index contributed by atoms with van der Waals surface area (Å²) in [6, 6.07) is 22.3. The van der Waals surface area contributed by atoms with Crippen LogP contribution in [0.4, 0.5) is 11.4 Å². The number of nitro benzene ring substituents is 1. The summed E-state index contributed by atoms with van der Waals surface area (Å²) in [5, 5.41) is 14.5. The van der Waals surface area contributed by atoms with E-state index in [1.54, 1.807) is 19.2 Å². The van der Waals surface area contributed by atoms with Crippen molar-refractivity contribution in [3.05, 3.63) is 94.5 Å². The van der Waals surface area contributed by atoms with Crippen molar-refractivity contribution in [3.63, 3.8) is 0 Å². The predicted molar refractivity (Wildman–Crippen MR) is 115 cm³/mol. The first-order valence-corrected chi connectivity index (χ1v) is 9.15. The SMILES string of the molecule is COc1ccc(-c2cc(C(=O)Nc3cccc([N+](=O)[O-])c3)c3ccccc3n2)cc1. The highest BCUT2D eigenvalue weighted by Gasteiger charge is 2.15. The molecule has 0 fully saturated rings. The molecule has 4 aromatic rings. The second-order valence-electron chi connectivity index (χ2n) is 6.56. The van der Waals surface area contributed by atoms with Crippen LogP contribution in [0.2, 0.25) is 0 Å². The molecule has 1 N–H and O–H groups in total. The van der Waals surface area contributed by atoms with Crippen LogP contribution in [0.15, 0.2) is 78.9 Å². The number of nitrogens with one attached hydrogen (secondary N) is 1. The zero-order valence-corrected chi connectivity index (χ0v) is 16.0. The van der Waals surface area contributed by atoms with Crippen molar-refractivity contribution in [2.24, 2.45) is 0 Å². The Balaban J connectivity index is 1.76. The Hall–Kier alpha value is -4.26. The van der Waals surface area contributed by atoms with Crippen LogP contribution < -0.4 is 10.1 Å². The molecular formula is C23H17N3O4. The second kappa shape index (κ2) is 8.00. The lowest BCUT2D eigenvalue weighted by molar-refractivity contribution is -0.384. The van der Waals surface area contributed by atoms with Gasteiger partial charge in [-0.3, -0.25) is 14.9 Å². The van der Waals surface area contributed by atoms with E-state index in [-0.39, 0.29) is 11.6 Å². The minimum atomic E-state index is -0.501. The van der Waals surface area contributed by atoms with Crippen LogP contribution in [0, 0.1) is 10.1 Å². The highest BCUT2D eigenvalue weighted by atomic mass is 16.6. The minimum Gasteiger partial charge on any atom is -0.497 e. The van der Waals surface area contributed by atoms with E-state index in [0.29, 0.717) is 27.8 Å². The smallest absolute Gasteiger partial charge is 0.271 e. The van der Waals surface area contributed by atoms with Crippen LogP contribution in [0.5, 0.6) is 5.75 Å². The highest BCUT2D eigenvalue weighted by Crippen LogP contribution is 2.27. The number of anilines is 1. The summed E-state index contributed by atoms with van der Waals surface area (Å²) < 4.78 is 5.20. The third-order valence-electron chi connectivity index (χ3n) is 4.66. The maximum absolute atomic E-state index is 13.1. The topological polar surface area (TPSA) is 94.4 Å². The Morgan fingerprint density at radius 1 is 1.00 bits per heavy atom. The van der Waals surface area contributed by atoms with Crippen molar-refractivity contribution in [3.8, 4) is 17.0 Å². The van der Waals surface area contributed by atoms with Crippen molar-refractivity contribution >= 4 is 28.2 Å². The number of hydrogen-bond acceptors (Lipinski definition) is 5. The first-order chi connectivity index (χ1) is 14.5. The van der Waals surface area contributed by atoms with Crippen molar-refractivity contribution in [2.75, 3.05) is 12.4 Å². The molecule has 0 saturated heterocycles. The van der Waals surface area contributed by atoms with E-state index in [9.17, 15) is 14.9 Å². The van der Waals surface area contributed by atoms with Gasteiger partial charge >= 0.3 is 0 Å². The van der Waals surface area contributed by atoms with Gasteiger partial charge in [-0.25, -0.2) is 4.98 Å². The summed E-state index contributed by atoms with van der Waals surface area (Å²) in [4.78, 5) is 28.2. The monoisotopic (exact) mass is 399 g/mol. The third-order valence-corrected chi connectivity index (χ3v) is 4.66. The van der Waals surface area contributed by atoms with Gasteiger partial charge < -0.3 is 10.1 Å². The second-order valence-corrected chi connectivity index (χ2v) is 6.56. The lowest BCUT2D eigenvalue weighted by Crippen LogP contribution is -2.13. The molecule has 4 rings (SSSR count). The molecule has 1 aromatic heterocycles. The van der Waals surface area contributed by atoms with Crippen molar-refractivity contribution in [1.29, 1.82) is 0 Å². The highest BCUT2D eigenvalue weighted by molar-refractivity contribution is 6.13. The number of methoxy groups -OCH3 is 1. The van der Waals surface area contributed by atoms with E-state index in [1.807, 2.05) is 48.5 Å². The first-order valence-electron chi connectivity index (χ1n) is 9.15. The van der Waals surface area contributed by atoms with Crippen molar-refractivity contribution in [1.82, 2.24) is 4.98 Å². The molecule has 0 atom stereocenters. The molecule has 3 aromatic carbocycles. The maximum Gasteiger partial charge on any atom is 0.271 e. The number of carbonyl (C=O) groups excluding carboxylic acids is 1. The summed E-state index contributed by atoms with van der Waals surface area (Å²) >= 11 is 0. The summed E-state index contributed by atoms with van der Waals surface area (Å²) in [5.41, 5.74) is 2.84. The van der Waals surface area contributed by atoms with Gasteiger partial charge in [0.15, 0.2) is 0 Å². The molecule has 0 radical (unpaired) electrons. The van der Waals surface area contributed by atoms with Crippen LogP contribution in [-0.4, -0.2) is 22.9 Å². The molecule has 30 heavy (non-hydrogen) atoms. The van der Waals surface area contributed by atoms with E-state index >= 15 is 0 Å². The number of hydrogen-bond donors (Lipinski definition) is 1. The number of rotatable bonds is 5. The normalized spacial score (nSPS) is 10.6. The molecule has 148 valence electrons. The van der Waals surface area contributed by atoms with Crippen LogP contribution in [-0.2, 0) is 0 Å². The van der Waals surface area contributed by atoms with Crippen LogP contribution in [0.3, 0.4) is 0 Å². The molecule has 0 unspecified atom stereocenters. The Morgan fingerprint density at radius 2 is 1.77 bits per heavy atom. The molecule has 7 heteroatoms. The Kier molecular flexibility index (Phi) is 5.09. The first kappa shape index (κ1) is 19.1. The predicted octanol–water partition coefficient (Wildman–Crippen LogP) is 5.07. The lowest BCUT2D eigenvalue weighted by atomic mass is 10.0. The van der Waals surface area contributed by atoms with Crippen molar-refractivity contribution < 1.29 is 14.5 Å². The van der Waals surface area contributed by atoms with Gasteiger partial charge in [-0.05, 0) is 42.5 Å². The molecule has 0 spiro atoms. The molecule has 0 bridgehead atoms. The number of non-ortho nitro benzene ring substituents is 1. The molecule has 1 amide bonds. The fourth-order valence-electron chi connectivity index (χ4n) is 3.17. The van der Waals surface area contributed by atoms with Gasteiger partial charge in [-0.15, -0.1) is 0 Å². The Morgan fingerprint density at radius 3 is 2.50 bits per heavy atom. The van der Waals surface area contributed by atoms with Crippen molar-refractivity contribution in [2.45, 2.75) is 0 Å². The van der Waals surface area contributed by atoms with Gasteiger partial charge in [-0.2, -0.15) is 0 Å². The largest absolute Gasteiger partial charge is 0.497 e. The fourth-order valence-corrected chi connectivity index (χ4v) is 3.17. The number of ether oxygens (including phenoxy) is 1. The van der Waals surface area contributed by atoms with Gasteiger partial charge in [0.1, 0.15) is 5.75 Å². The molecule has 0 aliphatic heterocycles. The minimum absolute atomic E-state index is 0.0914. The molecule has 1 heterocycles. The summed E-state index contributed by atoms with van der Waals surface area (Å²) in [5.74, 6) is 0.354. The number of pyridine rings is 1. The van der Waals surface area contributed by atoms with E-state index in [2.05, 4.69) is 10.3 Å². The maximum atomic E-state index is 13.1. The van der Waals surface area contributed by atoms with Gasteiger partial charge in [0, 0.05) is 28.8 Å². The number of fused-ring (bicyclic) bond motifs is 1. The molecular weight excluding hydrogens is 382 g/mol. The zero-order valence-electron chi connectivity index (χ0n) is 16.0. The van der Waals surface area contributed by atoms with Crippen LogP contribution in [0.1, 0.15) is 10.4 Å². The summed E-state index contributed by atoms with van der Waals surface area (Å²) in [6.45, 7) is 0. The van der Waals surface area contributed by atoms with Crippen LogP contribution >= 0.6 is 0 Å². The molecule has 0 aliphatic carbocycles. The van der Waals surface area contributed by atoms with E-state index in [0.717, 1.165) is 11.3 Å². The summed E-state index contributed by atoms with van der Waals surface area (Å²) in [6.07, 6.45) is 0. The average Bonchev–Trinajstić information content (AvgIpc) is 2.78. The average molecular weight is 399 g/mol. The quantitative estimate of drug-likeness (QED) is 0.373. The number of para-hydroxylation sites is 1. The Bertz CT molecular complexity index is 1250. The van der Waals surface area contributed by atoms with Gasteiger partial charge in [-0.1, -0.05) is 24.3 Å². The number of benzene rings is 3. The molecule has 0 saturated carbocycles. The number of nitrogens with zero attached hydrogens (tertiary/aromatic N) is 2. The van der Waals surface area contributed by atoms with E-state index in [4.69, 9.17) is 4.74 Å². The third kappa shape index (κ3) is 3.81. The van der Waals surface area contributed by atoms with Gasteiger partial charge in [0.05, 0.1) is 28.8 Å². The number of nitro groups is 1. The standard InChI is InChI=1S/C23H17N3O4/c1-30-18-11-9-15(10-12-18)22-14-20(19-7-2-3-8-21(19)25-22)23(27)24-16-5-4-6-17(13-16)26(28)29/h2-14H,1H3,(H,24,27). The zero-order chi connectivity index (χ0) is 21.1. The van der Waals surface area contributed by atoms with E-state index in [1.165, 1.54) is 18.2 Å². The van der Waals surface area contributed by atoms with Gasteiger partial charge in [0.2, 0.25) is 0 Å².